The van der Waals surface area contributed by atoms with Crippen LogP contribution in [-0.4, -0.2) is 7.05 Å². The van der Waals surface area contributed by atoms with Crippen LogP contribution in [-0.2, 0) is 0 Å². The molecule has 0 atom stereocenters. The Labute approximate surface area is 100.0 Å². The third-order valence-electron chi connectivity index (χ3n) is 2.26. The van der Waals surface area contributed by atoms with E-state index in [0.29, 0.717) is 0 Å². The Kier molecular flexibility index (Phi) is 6.24. The first kappa shape index (κ1) is 14.5. The Morgan fingerprint density at radius 1 is 1.19 bits per heavy atom. The summed E-state index contributed by atoms with van der Waals surface area (Å²) in [5, 5.41) is 3.13. The van der Waals surface area contributed by atoms with E-state index in [1.165, 1.54) is 0 Å². The molecule has 88 valence electrons. The van der Waals surface area contributed by atoms with Gasteiger partial charge in [0.2, 0.25) is 0 Å². The van der Waals surface area contributed by atoms with Gasteiger partial charge in [0.25, 0.3) is 0 Å². The van der Waals surface area contributed by atoms with Gasteiger partial charge < -0.3 is 5.32 Å². The van der Waals surface area contributed by atoms with Crippen LogP contribution in [0, 0.1) is 0 Å². The van der Waals surface area contributed by atoms with Gasteiger partial charge in [-0.05, 0) is 50.0 Å². The SMILES string of the molecule is C=C(C)CC(=C)C(=CC)/C=C(/NC)C(=C)C. The van der Waals surface area contributed by atoms with E-state index in [0.717, 1.165) is 34.4 Å². The molecule has 16 heavy (non-hydrogen) atoms. The largest absolute Gasteiger partial charge is 0.388 e. The lowest BCUT2D eigenvalue weighted by Gasteiger charge is -2.10. The van der Waals surface area contributed by atoms with Crippen LogP contribution in [0.5, 0.6) is 0 Å². The van der Waals surface area contributed by atoms with E-state index in [1.807, 2.05) is 27.8 Å². The van der Waals surface area contributed by atoms with Crippen molar-refractivity contribution in [2.75, 3.05) is 7.05 Å². The van der Waals surface area contributed by atoms with Crippen LogP contribution in [0.3, 0.4) is 0 Å². The molecule has 0 bridgehead atoms. The highest BCUT2D eigenvalue weighted by Gasteiger charge is 2.02. The summed E-state index contributed by atoms with van der Waals surface area (Å²) in [5.74, 6) is 0. The zero-order valence-corrected chi connectivity index (χ0v) is 11.0. The second-order valence-corrected chi connectivity index (χ2v) is 4.07. The van der Waals surface area contributed by atoms with Gasteiger partial charge in [0.1, 0.15) is 0 Å². The van der Waals surface area contributed by atoms with E-state index in [9.17, 15) is 0 Å². The van der Waals surface area contributed by atoms with Crippen molar-refractivity contribution in [1.82, 2.24) is 5.32 Å². The molecule has 0 aromatic rings. The molecule has 0 radical (unpaired) electrons. The summed E-state index contributed by atoms with van der Waals surface area (Å²) < 4.78 is 0. The molecule has 0 fully saturated rings. The quantitative estimate of drug-likeness (QED) is 0.521. The first-order chi connectivity index (χ1) is 7.42. The topological polar surface area (TPSA) is 12.0 Å². The summed E-state index contributed by atoms with van der Waals surface area (Å²) in [5.41, 5.74) is 5.40. The number of allylic oxidation sites excluding steroid dienone is 6. The van der Waals surface area contributed by atoms with Crippen LogP contribution < -0.4 is 5.32 Å². The van der Waals surface area contributed by atoms with E-state index in [4.69, 9.17) is 0 Å². The number of rotatable bonds is 6. The second-order valence-electron chi connectivity index (χ2n) is 4.07. The van der Waals surface area contributed by atoms with Crippen molar-refractivity contribution in [1.29, 1.82) is 0 Å². The van der Waals surface area contributed by atoms with Gasteiger partial charge in [0, 0.05) is 12.7 Å². The molecule has 0 spiro atoms. The second kappa shape index (κ2) is 6.89. The van der Waals surface area contributed by atoms with Gasteiger partial charge >= 0.3 is 0 Å². The lowest BCUT2D eigenvalue weighted by molar-refractivity contribution is 0.995. The monoisotopic (exact) mass is 217 g/mol. The Balaban J connectivity index is 4.96. The molecule has 1 heteroatoms. The lowest BCUT2D eigenvalue weighted by atomic mass is 9.99. The molecular weight excluding hydrogens is 194 g/mol. The molecule has 0 heterocycles. The molecule has 0 aromatic carbocycles. The maximum absolute atomic E-state index is 4.08. The van der Waals surface area contributed by atoms with E-state index in [1.54, 1.807) is 0 Å². The van der Waals surface area contributed by atoms with Crippen molar-refractivity contribution in [2.24, 2.45) is 0 Å². The zero-order valence-electron chi connectivity index (χ0n) is 11.0. The minimum atomic E-state index is 0.837. The van der Waals surface area contributed by atoms with Crippen molar-refractivity contribution in [3.63, 3.8) is 0 Å². The van der Waals surface area contributed by atoms with Gasteiger partial charge in [-0.2, -0.15) is 0 Å². The average Bonchev–Trinajstić information content (AvgIpc) is 2.17. The smallest absolute Gasteiger partial charge is 0.0367 e. The van der Waals surface area contributed by atoms with Crippen molar-refractivity contribution >= 4 is 0 Å². The van der Waals surface area contributed by atoms with Crippen LogP contribution in [0.1, 0.15) is 27.2 Å². The van der Waals surface area contributed by atoms with Crippen LogP contribution >= 0.6 is 0 Å². The van der Waals surface area contributed by atoms with Crippen LogP contribution in [0.25, 0.3) is 0 Å². The van der Waals surface area contributed by atoms with Gasteiger partial charge in [0.05, 0.1) is 0 Å². The van der Waals surface area contributed by atoms with Gasteiger partial charge in [-0.25, -0.2) is 0 Å². The minimum Gasteiger partial charge on any atom is -0.388 e. The molecule has 0 unspecified atom stereocenters. The highest BCUT2D eigenvalue weighted by molar-refractivity contribution is 5.44. The van der Waals surface area contributed by atoms with Gasteiger partial charge in [-0.1, -0.05) is 31.4 Å². The summed E-state index contributed by atoms with van der Waals surface area (Å²) in [6.45, 7) is 17.9. The number of hydrogen-bond acceptors (Lipinski definition) is 1. The Morgan fingerprint density at radius 3 is 2.06 bits per heavy atom. The highest BCUT2D eigenvalue weighted by atomic mass is 14.8. The van der Waals surface area contributed by atoms with Crippen molar-refractivity contribution in [2.45, 2.75) is 27.2 Å². The summed E-state index contributed by atoms with van der Waals surface area (Å²) in [4.78, 5) is 0. The molecule has 0 rings (SSSR count). The Bertz CT molecular complexity index is 354. The van der Waals surface area contributed by atoms with E-state index < -0.39 is 0 Å². The molecule has 1 N–H and O–H groups in total. The molecule has 0 saturated heterocycles. The lowest BCUT2D eigenvalue weighted by Crippen LogP contribution is -2.07. The molecule has 0 aliphatic rings. The zero-order chi connectivity index (χ0) is 12.7. The average molecular weight is 217 g/mol. The maximum atomic E-state index is 4.08. The number of nitrogens with one attached hydrogen (secondary N) is 1. The normalized spacial score (nSPS) is 12.2. The van der Waals surface area contributed by atoms with Crippen LogP contribution in [0.15, 0.2) is 59.9 Å². The third kappa shape index (κ3) is 4.83. The fourth-order valence-electron chi connectivity index (χ4n) is 1.42. The fraction of sp³-hybridized carbons (Fsp3) is 0.333. The van der Waals surface area contributed by atoms with E-state index in [2.05, 4.69) is 37.2 Å². The Hall–Kier alpha value is -1.50. The minimum absolute atomic E-state index is 0.837. The van der Waals surface area contributed by atoms with Crippen LogP contribution in [0.2, 0.25) is 0 Å². The molecule has 0 amide bonds. The van der Waals surface area contributed by atoms with Crippen molar-refractivity contribution < 1.29 is 0 Å². The predicted molar refractivity (Wildman–Crippen MR) is 74.3 cm³/mol. The summed E-state index contributed by atoms with van der Waals surface area (Å²) in [6.07, 6.45) is 4.97. The highest BCUT2D eigenvalue weighted by Crippen LogP contribution is 2.19. The molecule has 0 aliphatic heterocycles. The van der Waals surface area contributed by atoms with E-state index >= 15 is 0 Å². The molecule has 0 aliphatic carbocycles. The van der Waals surface area contributed by atoms with E-state index in [-0.39, 0.29) is 0 Å². The standard InChI is InChI=1S/C15H23N/c1-8-14(13(6)9-11(2)3)10-15(16-7)12(4)5/h8,10,16H,2,4,6,9H2,1,3,5,7H3/b14-8?,15-10+. The maximum Gasteiger partial charge on any atom is 0.0367 e. The fourth-order valence-corrected chi connectivity index (χ4v) is 1.42. The number of hydrogen-bond donors (Lipinski definition) is 1. The van der Waals surface area contributed by atoms with Gasteiger partial charge in [-0.3, -0.25) is 0 Å². The molecule has 0 aromatic heterocycles. The molecule has 0 saturated carbocycles. The predicted octanol–water partition coefficient (Wildman–Crippen LogP) is 4.13. The molecule has 1 nitrogen and oxygen atoms in total. The Morgan fingerprint density at radius 2 is 1.75 bits per heavy atom. The first-order valence-electron chi connectivity index (χ1n) is 5.46. The van der Waals surface area contributed by atoms with Gasteiger partial charge in [0.15, 0.2) is 0 Å². The third-order valence-corrected chi connectivity index (χ3v) is 2.26. The van der Waals surface area contributed by atoms with Crippen molar-refractivity contribution in [3.05, 3.63) is 59.9 Å². The van der Waals surface area contributed by atoms with Crippen molar-refractivity contribution in [3.8, 4) is 0 Å². The summed E-state index contributed by atoms with van der Waals surface area (Å²) >= 11 is 0. The number of likely N-dealkylation sites (N-methyl/N-ethyl adjacent to an activating group) is 1. The first-order valence-corrected chi connectivity index (χ1v) is 5.46. The summed E-state index contributed by atoms with van der Waals surface area (Å²) in [7, 11) is 1.90. The summed E-state index contributed by atoms with van der Waals surface area (Å²) in [6, 6.07) is 0. The van der Waals surface area contributed by atoms with Gasteiger partial charge in [-0.15, -0.1) is 0 Å². The molecular formula is C15H23N. The van der Waals surface area contributed by atoms with Crippen LogP contribution in [0.4, 0.5) is 0 Å².